The zero-order valence-corrected chi connectivity index (χ0v) is 22.2. The van der Waals surface area contributed by atoms with E-state index in [1.165, 1.54) is 17.7 Å². The van der Waals surface area contributed by atoms with Crippen LogP contribution in [-0.4, -0.2) is 25.2 Å². The van der Waals surface area contributed by atoms with Gasteiger partial charge in [-0.2, -0.15) is 5.10 Å². The molecular formula is C31H34FN5O. The van der Waals surface area contributed by atoms with Crippen molar-refractivity contribution in [2.45, 2.75) is 45.6 Å². The van der Waals surface area contributed by atoms with Crippen LogP contribution in [0.1, 0.15) is 59.5 Å². The van der Waals surface area contributed by atoms with Crippen molar-refractivity contribution in [3.8, 4) is 5.69 Å². The number of carbonyl (C=O) groups is 1. The van der Waals surface area contributed by atoms with Crippen LogP contribution in [0.2, 0.25) is 0 Å². The van der Waals surface area contributed by atoms with E-state index in [9.17, 15) is 9.18 Å². The molecule has 0 bridgehead atoms. The summed E-state index contributed by atoms with van der Waals surface area (Å²) in [5, 5.41) is 7.91. The lowest BCUT2D eigenvalue weighted by atomic mass is 9.70. The minimum atomic E-state index is -0.264. The van der Waals surface area contributed by atoms with Crippen molar-refractivity contribution in [1.82, 2.24) is 24.6 Å². The molecule has 2 aromatic heterocycles. The third-order valence-corrected chi connectivity index (χ3v) is 8.32. The maximum atomic E-state index is 13.5. The normalized spacial score (nSPS) is 20.0. The third kappa shape index (κ3) is 4.93. The fraction of sp³-hybridized carbons (Fsp3) is 0.323. The van der Waals surface area contributed by atoms with Crippen LogP contribution >= 0.6 is 0 Å². The van der Waals surface area contributed by atoms with Crippen LogP contribution in [0.25, 0.3) is 5.69 Å². The van der Waals surface area contributed by atoms with Crippen molar-refractivity contribution in [2.24, 2.45) is 18.4 Å². The van der Waals surface area contributed by atoms with Crippen molar-refractivity contribution in [3.05, 3.63) is 114 Å². The molecule has 1 amide bonds. The number of rotatable bonds is 8. The molecule has 2 heterocycles. The first-order chi connectivity index (χ1) is 18.3. The Kier molecular flexibility index (Phi) is 7.02. The quantitative estimate of drug-likeness (QED) is 0.290. The highest BCUT2D eigenvalue weighted by atomic mass is 19.1. The van der Waals surface area contributed by atoms with E-state index < -0.39 is 0 Å². The zero-order valence-electron chi connectivity index (χ0n) is 22.2. The van der Waals surface area contributed by atoms with Crippen LogP contribution in [-0.2, 0) is 13.5 Å². The predicted molar refractivity (Wildman–Crippen MR) is 146 cm³/mol. The Morgan fingerprint density at radius 2 is 1.92 bits per heavy atom. The lowest BCUT2D eigenvalue weighted by Crippen LogP contribution is -2.34. The molecule has 38 heavy (non-hydrogen) atoms. The summed E-state index contributed by atoms with van der Waals surface area (Å²) < 4.78 is 17.1. The number of allylic oxidation sites excluding steroid dienone is 1. The lowest BCUT2D eigenvalue weighted by Gasteiger charge is -2.35. The van der Waals surface area contributed by atoms with Crippen molar-refractivity contribution < 1.29 is 9.18 Å². The number of aromatic nitrogens is 4. The Morgan fingerprint density at radius 3 is 2.61 bits per heavy atom. The van der Waals surface area contributed by atoms with Gasteiger partial charge in [0.15, 0.2) is 0 Å². The number of carbonyl (C=O) groups excluding carboxylic acids is 1. The second-order valence-corrected chi connectivity index (χ2v) is 10.6. The molecule has 3 atom stereocenters. The molecule has 196 valence electrons. The highest BCUT2D eigenvalue weighted by molar-refractivity contribution is 5.92. The number of nitrogens with zero attached hydrogens (tertiary/aromatic N) is 4. The van der Waals surface area contributed by atoms with Crippen LogP contribution in [0.15, 0.2) is 85.5 Å². The maximum absolute atomic E-state index is 13.5. The van der Waals surface area contributed by atoms with Crippen LogP contribution in [0.4, 0.5) is 4.39 Å². The van der Waals surface area contributed by atoms with Crippen LogP contribution in [0, 0.1) is 24.1 Å². The van der Waals surface area contributed by atoms with Crippen LogP contribution < -0.4 is 5.32 Å². The smallest absolute Gasteiger partial charge is 0.270 e. The van der Waals surface area contributed by atoms with Gasteiger partial charge in [0.25, 0.3) is 5.91 Å². The number of nitrogens with one attached hydrogen (secondary N) is 1. The second-order valence-electron chi connectivity index (χ2n) is 10.6. The molecule has 0 saturated heterocycles. The van der Waals surface area contributed by atoms with Gasteiger partial charge in [-0.05, 0) is 79.3 Å². The van der Waals surface area contributed by atoms with Gasteiger partial charge in [-0.25, -0.2) is 14.1 Å². The molecule has 7 heteroatoms. The molecule has 1 fully saturated rings. The van der Waals surface area contributed by atoms with Gasteiger partial charge in [0.1, 0.15) is 11.5 Å². The van der Waals surface area contributed by atoms with Crippen LogP contribution in [0.3, 0.4) is 0 Å². The van der Waals surface area contributed by atoms with Gasteiger partial charge in [0.05, 0.1) is 30.5 Å². The number of hydrogen-bond acceptors (Lipinski definition) is 3. The lowest BCUT2D eigenvalue weighted by molar-refractivity contribution is 0.0915. The molecule has 0 spiro atoms. The SMILES string of the molecule is C=C1CC[C@H](CC(NC(=O)c2cncn2C)c2ccccc2)[C@@]1(C)Cc1cnn(-c2ccc(F)cc2)c1C. The molecule has 1 N–H and O–H groups in total. The minimum absolute atomic E-state index is 0.131. The van der Waals surface area contributed by atoms with Gasteiger partial charge in [-0.1, -0.05) is 49.4 Å². The fourth-order valence-electron chi connectivity index (χ4n) is 5.80. The summed E-state index contributed by atoms with van der Waals surface area (Å²) in [5.74, 6) is -0.0748. The summed E-state index contributed by atoms with van der Waals surface area (Å²) >= 11 is 0. The molecule has 6 nitrogen and oxygen atoms in total. The van der Waals surface area contributed by atoms with E-state index in [0.29, 0.717) is 11.6 Å². The van der Waals surface area contributed by atoms with Crippen LogP contribution in [0.5, 0.6) is 0 Å². The van der Waals surface area contributed by atoms with Crippen molar-refractivity contribution in [3.63, 3.8) is 0 Å². The number of amides is 1. The summed E-state index contributed by atoms with van der Waals surface area (Å²) in [6.07, 6.45) is 8.74. The summed E-state index contributed by atoms with van der Waals surface area (Å²) in [4.78, 5) is 17.3. The number of aryl methyl sites for hydroxylation is 1. The van der Waals surface area contributed by atoms with Gasteiger partial charge < -0.3 is 9.88 Å². The Balaban J connectivity index is 1.40. The third-order valence-electron chi connectivity index (χ3n) is 8.32. The predicted octanol–water partition coefficient (Wildman–Crippen LogP) is 6.13. The zero-order chi connectivity index (χ0) is 26.9. The van der Waals surface area contributed by atoms with E-state index in [-0.39, 0.29) is 23.2 Å². The van der Waals surface area contributed by atoms with Gasteiger partial charge in [-0.15, -0.1) is 0 Å². The van der Waals surface area contributed by atoms with E-state index in [0.717, 1.165) is 48.2 Å². The molecule has 0 aliphatic heterocycles. The first-order valence-corrected chi connectivity index (χ1v) is 13.1. The topological polar surface area (TPSA) is 64.7 Å². The van der Waals surface area contributed by atoms with Crippen molar-refractivity contribution in [1.29, 1.82) is 0 Å². The average molecular weight is 512 g/mol. The number of halogens is 1. The first-order valence-electron chi connectivity index (χ1n) is 13.1. The number of hydrogen-bond donors (Lipinski definition) is 1. The molecule has 2 aromatic carbocycles. The molecular weight excluding hydrogens is 477 g/mol. The molecule has 1 aliphatic rings. The molecule has 1 unspecified atom stereocenters. The minimum Gasteiger partial charge on any atom is -0.344 e. The Morgan fingerprint density at radius 1 is 1.18 bits per heavy atom. The van der Waals surface area contributed by atoms with Crippen molar-refractivity contribution >= 4 is 5.91 Å². The summed E-state index contributed by atoms with van der Waals surface area (Å²) in [5.41, 5.74) is 5.74. The molecule has 4 aromatic rings. The van der Waals surface area contributed by atoms with E-state index in [1.54, 1.807) is 29.2 Å². The van der Waals surface area contributed by atoms with E-state index in [2.05, 4.69) is 48.0 Å². The standard InChI is InChI=1S/C31H34FN5O/c1-21-10-11-25(16-28(23-8-6-5-7-9-23)35-30(38)29-19-33-20-36(29)4)31(21,3)17-24-18-34-37(22(24)2)27-14-12-26(32)13-15-27/h5-9,12-15,18-20,25,28H,1,10-11,16-17H2,2-4H3,(H,35,38)/t25-,28?,31+/m1/s1. The van der Waals surface area contributed by atoms with Crippen molar-refractivity contribution in [2.75, 3.05) is 0 Å². The summed E-state index contributed by atoms with van der Waals surface area (Å²) in [6.45, 7) is 8.84. The largest absolute Gasteiger partial charge is 0.344 e. The van der Waals surface area contributed by atoms with Gasteiger partial charge in [0.2, 0.25) is 0 Å². The Labute approximate surface area is 223 Å². The number of imidazole rings is 1. The number of benzene rings is 2. The van der Waals surface area contributed by atoms with E-state index in [4.69, 9.17) is 0 Å². The monoisotopic (exact) mass is 511 g/mol. The molecule has 5 rings (SSSR count). The average Bonchev–Trinajstić information content (AvgIpc) is 3.58. The summed E-state index contributed by atoms with van der Waals surface area (Å²) in [7, 11) is 1.83. The molecule has 1 saturated carbocycles. The fourth-order valence-corrected chi connectivity index (χ4v) is 5.80. The maximum Gasteiger partial charge on any atom is 0.270 e. The second kappa shape index (κ2) is 10.4. The Bertz CT molecular complexity index is 1440. The van der Waals surface area contributed by atoms with Gasteiger partial charge in [0, 0.05) is 12.7 Å². The van der Waals surface area contributed by atoms with Gasteiger partial charge in [-0.3, -0.25) is 4.79 Å². The highest BCUT2D eigenvalue weighted by Gasteiger charge is 2.43. The van der Waals surface area contributed by atoms with E-state index >= 15 is 0 Å². The molecule has 0 radical (unpaired) electrons. The van der Waals surface area contributed by atoms with E-state index in [1.807, 2.05) is 36.1 Å². The molecule has 1 aliphatic carbocycles. The summed E-state index contributed by atoms with van der Waals surface area (Å²) in [6, 6.07) is 16.4. The Hall–Kier alpha value is -4.00. The van der Waals surface area contributed by atoms with Gasteiger partial charge >= 0.3 is 0 Å². The first kappa shape index (κ1) is 25.6. The highest BCUT2D eigenvalue weighted by Crippen LogP contribution is 2.52.